The minimum absolute atomic E-state index is 0.104. The number of rotatable bonds is 7. The molecule has 1 unspecified atom stereocenters. The Kier molecular flexibility index (Phi) is 5.39. The van der Waals surface area contributed by atoms with Gasteiger partial charge in [0.05, 0.1) is 6.54 Å². The summed E-state index contributed by atoms with van der Waals surface area (Å²) < 4.78 is 0. The topological polar surface area (TPSA) is 94.6 Å². The van der Waals surface area contributed by atoms with Gasteiger partial charge in [0.15, 0.2) is 0 Å². The van der Waals surface area contributed by atoms with Crippen molar-refractivity contribution in [2.24, 2.45) is 0 Å². The summed E-state index contributed by atoms with van der Waals surface area (Å²) in [5.41, 5.74) is 2.20. The lowest BCUT2D eigenvalue weighted by molar-refractivity contribution is -0.129. The second-order valence-electron chi connectivity index (χ2n) is 7.84. The summed E-state index contributed by atoms with van der Waals surface area (Å²) in [7, 11) is 3.80. The van der Waals surface area contributed by atoms with Crippen molar-refractivity contribution < 1.29 is 14.4 Å². The van der Waals surface area contributed by atoms with Crippen LogP contribution in [-0.2, 0) is 16.1 Å². The van der Waals surface area contributed by atoms with Crippen LogP contribution in [0, 0.1) is 0 Å². The van der Waals surface area contributed by atoms with E-state index in [1.165, 1.54) is 0 Å². The summed E-state index contributed by atoms with van der Waals surface area (Å²) in [6.07, 6.45) is 3.51. The molecule has 8 heteroatoms. The monoisotopic (exact) mass is 407 g/mol. The Hall–Kier alpha value is -3.42. The highest BCUT2D eigenvalue weighted by atomic mass is 16.2. The number of hydrogen-bond donors (Lipinski definition) is 2. The molecule has 0 spiro atoms. The lowest BCUT2D eigenvalue weighted by Gasteiger charge is -2.24. The number of fused-ring (bicyclic) bond motifs is 1. The molecule has 1 aliphatic carbocycles. The van der Waals surface area contributed by atoms with Crippen molar-refractivity contribution in [3.63, 3.8) is 0 Å². The summed E-state index contributed by atoms with van der Waals surface area (Å²) in [5, 5.41) is 5.50. The number of carbonyl (C=O) groups excluding carboxylic acids is 3. The van der Waals surface area contributed by atoms with E-state index in [1.54, 1.807) is 23.2 Å². The Morgan fingerprint density at radius 1 is 1.17 bits per heavy atom. The van der Waals surface area contributed by atoms with Gasteiger partial charge in [0.25, 0.3) is 5.91 Å². The van der Waals surface area contributed by atoms with Crippen molar-refractivity contribution >= 4 is 23.5 Å². The number of nitrogens with zero attached hydrogens (tertiary/aromatic N) is 3. The van der Waals surface area contributed by atoms with Gasteiger partial charge in [0.1, 0.15) is 11.9 Å². The third kappa shape index (κ3) is 3.98. The van der Waals surface area contributed by atoms with Gasteiger partial charge in [-0.3, -0.25) is 14.4 Å². The van der Waals surface area contributed by atoms with Crippen LogP contribution in [0.15, 0.2) is 42.6 Å². The number of benzene rings is 1. The first kappa shape index (κ1) is 19.9. The van der Waals surface area contributed by atoms with Gasteiger partial charge in [-0.1, -0.05) is 18.2 Å². The van der Waals surface area contributed by atoms with Gasteiger partial charge in [-0.15, -0.1) is 0 Å². The molecule has 2 aliphatic rings. The van der Waals surface area contributed by atoms with E-state index in [0.29, 0.717) is 17.7 Å². The van der Waals surface area contributed by atoms with E-state index in [2.05, 4.69) is 15.6 Å². The molecule has 1 aromatic heterocycles. The van der Waals surface area contributed by atoms with Crippen LogP contribution in [0.4, 0.5) is 5.82 Å². The number of pyridine rings is 1. The molecule has 30 heavy (non-hydrogen) atoms. The first-order valence-corrected chi connectivity index (χ1v) is 10.0. The first-order valence-electron chi connectivity index (χ1n) is 10.0. The molecule has 8 nitrogen and oxygen atoms in total. The van der Waals surface area contributed by atoms with E-state index < -0.39 is 6.04 Å². The molecule has 1 atom stereocenters. The van der Waals surface area contributed by atoms with Gasteiger partial charge < -0.3 is 20.4 Å². The normalized spacial score (nSPS) is 17.5. The van der Waals surface area contributed by atoms with Gasteiger partial charge in [-0.2, -0.15) is 0 Å². The molecule has 1 aromatic carbocycles. The summed E-state index contributed by atoms with van der Waals surface area (Å²) >= 11 is 0. The van der Waals surface area contributed by atoms with Crippen LogP contribution in [0.2, 0.25) is 0 Å². The van der Waals surface area contributed by atoms with Crippen LogP contribution in [0.1, 0.15) is 40.4 Å². The molecule has 1 aliphatic heterocycles. The predicted molar refractivity (Wildman–Crippen MR) is 112 cm³/mol. The molecule has 0 bridgehead atoms. The molecule has 0 radical (unpaired) electrons. The summed E-state index contributed by atoms with van der Waals surface area (Å²) in [4.78, 5) is 45.7. The van der Waals surface area contributed by atoms with Crippen LogP contribution in [-0.4, -0.2) is 54.3 Å². The second-order valence-corrected chi connectivity index (χ2v) is 7.84. The largest absolute Gasteiger partial charge is 0.363 e. The molecule has 1 saturated carbocycles. The standard InChI is InChI=1S/C22H25N5O3/c1-26(2)18-11-14(9-10-23-18)12-24-19(28)13-25-21(29)20-16-5-3-4-6-17(16)22(30)27(20)15-7-8-15/h3-6,9-11,15,20H,7-8,12-13H2,1-2H3,(H,24,28)(H,25,29). The van der Waals surface area contributed by atoms with Crippen LogP contribution in [0.25, 0.3) is 0 Å². The Morgan fingerprint density at radius 2 is 1.93 bits per heavy atom. The quantitative estimate of drug-likeness (QED) is 0.720. The van der Waals surface area contributed by atoms with Gasteiger partial charge in [0.2, 0.25) is 11.8 Å². The summed E-state index contributed by atoms with van der Waals surface area (Å²) in [6.45, 7) is 0.201. The molecule has 4 rings (SSSR count). The number of hydrogen-bond acceptors (Lipinski definition) is 5. The van der Waals surface area contributed by atoms with E-state index in [-0.39, 0.29) is 30.3 Å². The molecule has 0 saturated heterocycles. The second kappa shape index (κ2) is 8.14. The molecule has 156 valence electrons. The van der Waals surface area contributed by atoms with Crippen LogP contribution >= 0.6 is 0 Å². The van der Waals surface area contributed by atoms with E-state index in [0.717, 1.165) is 24.2 Å². The van der Waals surface area contributed by atoms with Crippen molar-refractivity contribution in [1.82, 2.24) is 20.5 Å². The molecule has 1 fully saturated rings. The Morgan fingerprint density at radius 3 is 2.67 bits per heavy atom. The number of carbonyl (C=O) groups is 3. The van der Waals surface area contributed by atoms with Crippen molar-refractivity contribution in [3.8, 4) is 0 Å². The Labute approximate surface area is 175 Å². The van der Waals surface area contributed by atoms with Crippen LogP contribution in [0.5, 0.6) is 0 Å². The maximum atomic E-state index is 12.9. The number of anilines is 1. The Bertz CT molecular complexity index is 986. The fourth-order valence-corrected chi connectivity index (χ4v) is 3.68. The smallest absolute Gasteiger partial charge is 0.255 e. The third-order valence-corrected chi connectivity index (χ3v) is 5.37. The van der Waals surface area contributed by atoms with Crippen molar-refractivity contribution in [2.75, 3.05) is 25.5 Å². The summed E-state index contributed by atoms with van der Waals surface area (Å²) in [5.74, 6) is 0.0863. The van der Waals surface area contributed by atoms with E-state index in [4.69, 9.17) is 0 Å². The zero-order valence-electron chi connectivity index (χ0n) is 17.1. The average molecular weight is 407 g/mol. The number of aromatic nitrogens is 1. The van der Waals surface area contributed by atoms with Crippen LogP contribution in [0.3, 0.4) is 0 Å². The highest BCUT2D eigenvalue weighted by Crippen LogP contribution is 2.41. The van der Waals surface area contributed by atoms with Crippen LogP contribution < -0.4 is 15.5 Å². The highest BCUT2D eigenvalue weighted by molar-refractivity contribution is 6.05. The fraction of sp³-hybridized carbons (Fsp3) is 0.364. The minimum atomic E-state index is -0.670. The zero-order chi connectivity index (χ0) is 21.3. The lowest BCUT2D eigenvalue weighted by Crippen LogP contribution is -2.43. The van der Waals surface area contributed by atoms with Gasteiger partial charge >= 0.3 is 0 Å². The van der Waals surface area contributed by atoms with E-state index in [1.807, 2.05) is 43.3 Å². The third-order valence-electron chi connectivity index (χ3n) is 5.37. The van der Waals surface area contributed by atoms with Gasteiger partial charge in [-0.05, 0) is 42.2 Å². The average Bonchev–Trinajstić information content (AvgIpc) is 3.54. The van der Waals surface area contributed by atoms with E-state index in [9.17, 15) is 14.4 Å². The molecular formula is C22H25N5O3. The van der Waals surface area contributed by atoms with E-state index >= 15 is 0 Å². The first-order chi connectivity index (χ1) is 14.5. The van der Waals surface area contributed by atoms with Crippen molar-refractivity contribution in [1.29, 1.82) is 0 Å². The minimum Gasteiger partial charge on any atom is -0.363 e. The number of nitrogens with one attached hydrogen (secondary N) is 2. The molecular weight excluding hydrogens is 382 g/mol. The highest BCUT2D eigenvalue weighted by Gasteiger charge is 2.47. The lowest BCUT2D eigenvalue weighted by atomic mass is 10.0. The fourth-order valence-electron chi connectivity index (χ4n) is 3.68. The number of amides is 3. The maximum Gasteiger partial charge on any atom is 0.255 e. The van der Waals surface area contributed by atoms with Crippen molar-refractivity contribution in [2.45, 2.75) is 31.5 Å². The molecule has 2 N–H and O–H groups in total. The Balaban J connectivity index is 1.35. The zero-order valence-corrected chi connectivity index (χ0v) is 17.1. The molecule has 2 heterocycles. The molecule has 2 aromatic rings. The maximum absolute atomic E-state index is 12.9. The molecule has 3 amide bonds. The van der Waals surface area contributed by atoms with Crippen molar-refractivity contribution in [3.05, 3.63) is 59.3 Å². The summed E-state index contributed by atoms with van der Waals surface area (Å²) in [6, 6.07) is 10.4. The SMILES string of the molecule is CN(C)c1cc(CNC(=O)CNC(=O)C2c3ccccc3C(=O)N2C2CC2)ccn1. The van der Waals surface area contributed by atoms with Gasteiger partial charge in [0, 0.05) is 38.4 Å². The van der Waals surface area contributed by atoms with Gasteiger partial charge in [-0.25, -0.2) is 4.98 Å². The predicted octanol–water partition coefficient (Wildman–Crippen LogP) is 1.24.